The maximum Gasteiger partial charge on any atom is 0.434 e. The van der Waals surface area contributed by atoms with Gasteiger partial charge in [0.25, 0.3) is 0 Å². The van der Waals surface area contributed by atoms with Crippen molar-refractivity contribution in [2.45, 2.75) is 32.0 Å². The summed E-state index contributed by atoms with van der Waals surface area (Å²) in [4.78, 5) is 27.9. The van der Waals surface area contributed by atoms with Gasteiger partial charge in [0.15, 0.2) is 5.69 Å². The lowest BCUT2D eigenvalue weighted by Gasteiger charge is -2.21. The summed E-state index contributed by atoms with van der Waals surface area (Å²) in [7, 11) is 0. The maximum absolute atomic E-state index is 12.6. The van der Waals surface area contributed by atoms with Gasteiger partial charge in [0.05, 0.1) is 12.0 Å². The minimum Gasteiger partial charge on any atom is -0.481 e. The van der Waals surface area contributed by atoms with Crippen LogP contribution in [-0.4, -0.2) is 40.1 Å². The lowest BCUT2D eigenvalue weighted by atomic mass is 10.1. The Morgan fingerprint density at radius 1 is 1.57 bits per heavy atom. The predicted molar refractivity (Wildman–Crippen MR) is 76.0 cm³/mol. The first kappa shape index (κ1) is 17.5. The van der Waals surface area contributed by atoms with E-state index in [4.69, 9.17) is 5.11 Å². The Morgan fingerprint density at radius 2 is 2.26 bits per heavy atom. The van der Waals surface area contributed by atoms with Crippen LogP contribution in [0.4, 0.5) is 18.0 Å². The Hall–Kier alpha value is -1.84. The van der Waals surface area contributed by atoms with E-state index in [0.29, 0.717) is 19.4 Å². The van der Waals surface area contributed by atoms with Crippen LogP contribution in [0.1, 0.15) is 36.5 Å². The van der Waals surface area contributed by atoms with Crippen LogP contribution in [0.25, 0.3) is 0 Å². The van der Waals surface area contributed by atoms with E-state index < -0.39 is 35.8 Å². The minimum absolute atomic E-state index is 0.100. The molecule has 1 aromatic heterocycles. The summed E-state index contributed by atoms with van der Waals surface area (Å²) >= 11 is 0.841. The number of nitrogens with one attached hydrogen (secondary N) is 1. The number of hydrogen-bond donors (Lipinski definition) is 2. The average Bonchev–Trinajstić information content (AvgIpc) is 3.12. The first-order valence-corrected chi connectivity index (χ1v) is 7.91. The van der Waals surface area contributed by atoms with Crippen LogP contribution in [0.3, 0.4) is 0 Å². The molecule has 2 unspecified atom stereocenters. The van der Waals surface area contributed by atoms with Gasteiger partial charge >= 0.3 is 18.2 Å². The summed E-state index contributed by atoms with van der Waals surface area (Å²) in [5.74, 6) is -1.56. The van der Waals surface area contributed by atoms with E-state index in [2.05, 4.69) is 10.3 Å². The monoisotopic (exact) mass is 351 g/mol. The number of urea groups is 1. The fourth-order valence-corrected chi connectivity index (χ4v) is 3.26. The number of nitrogens with zero attached hydrogens (tertiary/aromatic N) is 2. The van der Waals surface area contributed by atoms with E-state index in [0.717, 1.165) is 16.7 Å². The number of carbonyl (C=O) groups is 2. The van der Waals surface area contributed by atoms with Gasteiger partial charge in [-0.05, 0) is 12.8 Å². The number of rotatable bonds is 4. The second-order valence-electron chi connectivity index (χ2n) is 5.25. The normalized spacial score (nSPS) is 19.7. The fourth-order valence-electron chi connectivity index (χ4n) is 2.30. The largest absolute Gasteiger partial charge is 0.481 e. The number of hydrogen-bond acceptors (Lipinski definition) is 4. The van der Waals surface area contributed by atoms with Crippen LogP contribution in [0.15, 0.2) is 5.38 Å². The molecule has 2 rings (SSSR count). The molecule has 23 heavy (non-hydrogen) atoms. The van der Waals surface area contributed by atoms with Crippen molar-refractivity contribution in [3.8, 4) is 0 Å². The number of carboxylic acids is 1. The smallest absolute Gasteiger partial charge is 0.434 e. The number of alkyl halides is 3. The van der Waals surface area contributed by atoms with Gasteiger partial charge in [-0.3, -0.25) is 4.79 Å². The molecule has 1 aliphatic rings. The van der Waals surface area contributed by atoms with Crippen molar-refractivity contribution >= 4 is 23.3 Å². The van der Waals surface area contributed by atoms with Crippen LogP contribution < -0.4 is 5.32 Å². The van der Waals surface area contributed by atoms with Gasteiger partial charge in [-0.1, -0.05) is 6.92 Å². The molecule has 0 radical (unpaired) electrons. The molecule has 10 heteroatoms. The Labute approximate surface area is 134 Å². The number of likely N-dealkylation sites (tertiary alicyclic amines) is 1. The molecule has 2 amide bonds. The highest BCUT2D eigenvalue weighted by Gasteiger charge is 2.35. The second-order valence-corrected chi connectivity index (χ2v) is 6.14. The average molecular weight is 351 g/mol. The van der Waals surface area contributed by atoms with Gasteiger partial charge in [-0.2, -0.15) is 13.2 Å². The zero-order chi connectivity index (χ0) is 17.2. The van der Waals surface area contributed by atoms with Crippen LogP contribution in [0.5, 0.6) is 0 Å². The first-order valence-electron chi connectivity index (χ1n) is 7.03. The van der Waals surface area contributed by atoms with Crippen LogP contribution in [0.2, 0.25) is 0 Å². The zero-order valence-electron chi connectivity index (χ0n) is 12.3. The molecular formula is C13H16F3N3O3S. The lowest BCUT2D eigenvalue weighted by Crippen LogP contribution is -2.40. The van der Waals surface area contributed by atoms with E-state index in [1.54, 1.807) is 6.92 Å². The molecule has 1 aromatic rings. The third-order valence-corrected chi connectivity index (χ3v) is 4.60. The van der Waals surface area contributed by atoms with E-state index in [1.165, 1.54) is 4.90 Å². The van der Waals surface area contributed by atoms with Gasteiger partial charge in [-0.25, -0.2) is 9.78 Å². The lowest BCUT2D eigenvalue weighted by molar-refractivity contribution is -0.141. The van der Waals surface area contributed by atoms with Gasteiger partial charge < -0.3 is 15.3 Å². The number of aliphatic carboxylic acids is 1. The van der Waals surface area contributed by atoms with Crippen molar-refractivity contribution in [3.63, 3.8) is 0 Å². The van der Waals surface area contributed by atoms with E-state index >= 15 is 0 Å². The number of carboxylic acid groups (broad SMARTS) is 1. The third-order valence-electron chi connectivity index (χ3n) is 3.64. The maximum atomic E-state index is 12.6. The summed E-state index contributed by atoms with van der Waals surface area (Å²) in [5, 5.41) is 12.6. The molecule has 0 bridgehead atoms. The number of carbonyl (C=O) groups excluding carboxylic acids is 1. The molecule has 1 aliphatic heterocycles. The highest BCUT2D eigenvalue weighted by atomic mass is 32.1. The molecule has 1 fully saturated rings. The first-order chi connectivity index (χ1) is 10.7. The molecule has 1 saturated heterocycles. The van der Waals surface area contributed by atoms with Crippen molar-refractivity contribution < 1.29 is 27.9 Å². The van der Waals surface area contributed by atoms with Crippen molar-refractivity contribution in [2.75, 3.05) is 13.1 Å². The Morgan fingerprint density at radius 3 is 2.74 bits per heavy atom. The highest BCUT2D eigenvalue weighted by Crippen LogP contribution is 2.32. The molecule has 0 aliphatic carbocycles. The van der Waals surface area contributed by atoms with Gasteiger partial charge in [0.2, 0.25) is 0 Å². The summed E-state index contributed by atoms with van der Waals surface area (Å²) < 4.78 is 37.8. The van der Waals surface area contributed by atoms with Crippen molar-refractivity contribution in [1.29, 1.82) is 0 Å². The molecular weight excluding hydrogens is 335 g/mol. The molecule has 2 N–H and O–H groups in total. The molecule has 128 valence electrons. The summed E-state index contributed by atoms with van der Waals surface area (Å²) in [6, 6.07) is -1.11. The third kappa shape index (κ3) is 4.12. The minimum atomic E-state index is -4.51. The van der Waals surface area contributed by atoms with Gasteiger partial charge in [-0.15, -0.1) is 11.3 Å². The van der Waals surface area contributed by atoms with Crippen LogP contribution in [-0.2, 0) is 11.0 Å². The topological polar surface area (TPSA) is 82.5 Å². The predicted octanol–water partition coefficient (Wildman–Crippen LogP) is 2.73. The van der Waals surface area contributed by atoms with Crippen LogP contribution in [0, 0.1) is 5.92 Å². The standard InChI is InChI=1S/C13H16F3N3O3S/c1-2-8(10-18-9(6-23-10)13(14,15)16)17-12(22)19-4-3-7(5-19)11(20)21/h6-8H,2-5H2,1H3,(H,17,22)(H,20,21). The SMILES string of the molecule is CCC(NC(=O)N1CCC(C(=O)O)C1)c1nc(C(F)(F)F)cs1. The van der Waals surface area contributed by atoms with E-state index in [9.17, 15) is 22.8 Å². The Kier molecular flexibility index (Phi) is 5.12. The van der Waals surface area contributed by atoms with Gasteiger partial charge in [0, 0.05) is 18.5 Å². The number of aromatic nitrogens is 1. The van der Waals surface area contributed by atoms with Crippen LogP contribution >= 0.6 is 11.3 Å². The van der Waals surface area contributed by atoms with E-state index in [1.807, 2.05) is 0 Å². The molecule has 2 heterocycles. The number of amides is 2. The van der Waals surface area contributed by atoms with Crippen molar-refractivity contribution in [2.24, 2.45) is 5.92 Å². The zero-order valence-corrected chi connectivity index (χ0v) is 13.1. The van der Waals surface area contributed by atoms with Gasteiger partial charge in [0.1, 0.15) is 5.01 Å². The Bertz CT molecular complexity index is 591. The summed E-state index contributed by atoms with van der Waals surface area (Å²) in [6.07, 6.45) is -3.76. The second kappa shape index (κ2) is 6.73. The number of thiazole rings is 1. The number of halogens is 3. The summed E-state index contributed by atoms with van der Waals surface area (Å²) in [5.41, 5.74) is -0.975. The molecule has 0 saturated carbocycles. The van der Waals surface area contributed by atoms with Crippen molar-refractivity contribution in [1.82, 2.24) is 15.2 Å². The quantitative estimate of drug-likeness (QED) is 0.874. The van der Waals surface area contributed by atoms with Crippen molar-refractivity contribution in [3.05, 3.63) is 16.1 Å². The molecule has 6 nitrogen and oxygen atoms in total. The Balaban J connectivity index is 2.01. The molecule has 2 atom stereocenters. The van der Waals surface area contributed by atoms with E-state index in [-0.39, 0.29) is 11.6 Å². The molecule has 0 spiro atoms. The fraction of sp³-hybridized carbons (Fsp3) is 0.615. The summed E-state index contributed by atoms with van der Waals surface area (Å²) in [6.45, 7) is 2.14. The highest BCUT2D eigenvalue weighted by molar-refractivity contribution is 7.09. The molecule has 0 aromatic carbocycles.